The first-order chi connectivity index (χ1) is 9.45. The van der Waals surface area contributed by atoms with Crippen molar-refractivity contribution in [2.75, 3.05) is 0 Å². The molecule has 0 radical (unpaired) electrons. The lowest BCUT2D eigenvalue weighted by Crippen LogP contribution is -2.03. The predicted molar refractivity (Wildman–Crippen MR) is 73.9 cm³/mol. The van der Waals surface area contributed by atoms with Crippen LogP contribution in [0.5, 0.6) is 5.75 Å². The van der Waals surface area contributed by atoms with Gasteiger partial charge in [0.2, 0.25) is 0 Å². The lowest BCUT2D eigenvalue weighted by molar-refractivity contribution is -0.384. The highest BCUT2D eigenvalue weighted by Crippen LogP contribution is 2.23. The van der Waals surface area contributed by atoms with Gasteiger partial charge in [0.05, 0.1) is 4.92 Å². The summed E-state index contributed by atoms with van der Waals surface area (Å²) in [5.74, 6) is 1.02. The van der Waals surface area contributed by atoms with Crippen LogP contribution in [0.3, 0.4) is 0 Å². The third-order valence-electron chi connectivity index (χ3n) is 2.60. The Balaban J connectivity index is 2.12. The SMILES string of the molecule is Cc1cc(Cl)nc(COc2ccc([N+](=O)[O-])cc2C)n1. The largest absolute Gasteiger partial charge is 0.485 e. The van der Waals surface area contributed by atoms with Gasteiger partial charge < -0.3 is 4.74 Å². The van der Waals surface area contributed by atoms with E-state index in [9.17, 15) is 10.1 Å². The van der Waals surface area contributed by atoms with Crippen LogP contribution in [-0.4, -0.2) is 14.9 Å². The minimum absolute atomic E-state index is 0.0321. The quantitative estimate of drug-likeness (QED) is 0.491. The fourth-order valence-corrected chi connectivity index (χ4v) is 1.96. The van der Waals surface area contributed by atoms with Crippen molar-refractivity contribution in [1.29, 1.82) is 0 Å². The van der Waals surface area contributed by atoms with E-state index in [1.54, 1.807) is 19.1 Å². The summed E-state index contributed by atoms with van der Waals surface area (Å²) in [4.78, 5) is 18.4. The number of nitro benzene ring substituents is 1. The molecule has 0 spiro atoms. The Labute approximate surface area is 120 Å². The zero-order valence-corrected chi connectivity index (χ0v) is 11.7. The number of aryl methyl sites for hydroxylation is 2. The van der Waals surface area contributed by atoms with Gasteiger partial charge in [-0.2, -0.15) is 0 Å². The molecule has 0 fully saturated rings. The Morgan fingerprint density at radius 2 is 2.05 bits per heavy atom. The summed E-state index contributed by atoms with van der Waals surface area (Å²) in [6.45, 7) is 3.71. The van der Waals surface area contributed by atoms with E-state index in [0.717, 1.165) is 5.69 Å². The van der Waals surface area contributed by atoms with Crippen LogP contribution in [-0.2, 0) is 6.61 Å². The van der Waals surface area contributed by atoms with E-state index in [1.165, 1.54) is 12.1 Å². The highest BCUT2D eigenvalue weighted by atomic mass is 35.5. The molecule has 0 saturated heterocycles. The van der Waals surface area contributed by atoms with Gasteiger partial charge in [-0.05, 0) is 31.5 Å². The molecule has 20 heavy (non-hydrogen) atoms. The molecule has 7 heteroatoms. The zero-order valence-electron chi connectivity index (χ0n) is 11.0. The molecule has 104 valence electrons. The van der Waals surface area contributed by atoms with Crippen molar-refractivity contribution in [2.24, 2.45) is 0 Å². The molecule has 0 unspecified atom stereocenters. The number of aromatic nitrogens is 2. The number of hydrogen-bond donors (Lipinski definition) is 0. The van der Waals surface area contributed by atoms with E-state index >= 15 is 0 Å². The fraction of sp³-hybridized carbons (Fsp3) is 0.231. The number of rotatable bonds is 4. The Morgan fingerprint density at radius 1 is 1.30 bits per heavy atom. The Hall–Kier alpha value is -2.21. The molecular weight excluding hydrogens is 282 g/mol. The molecule has 1 aromatic carbocycles. The van der Waals surface area contributed by atoms with Crippen LogP contribution < -0.4 is 4.74 Å². The van der Waals surface area contributed by atoms with E-state index < -0.39 is 4.92 Å². The van der Waals surface area contributed by atoms with Crippen molar-refractivity contribution in [3.8, 4) is 5.75 Å². The Morgan fingerprint density at radius 3 is 2.65 bits per heavy atom. The second-order valence-electron chi connectivity index (χ2n) is 4.24. The molecule has 1 aromatic heterocycles. The molecule has 6 nitrogen and oxygen atoms in total. The van der Waals surface area contributed by atoms with Crippen LogP contribution in [0.2, 0.25) is 5.15 Å². The fourth-order valence-electron chi connectivity index (χ4n) is 1.70. The van der Waals surface area contributed by atoms with Crippen molar-refractivity contribution in [3.05, 3.63) is 56.6 Å². The van der Waals surface area contributed by atoms with Crippen LogP contribution in [0.4, 0.5) is 5.69 Å². The average Bonchev–Trinajstić information content (AvgIpc) is 2.36. The Bertz CT molecular complexity index is 641. The molecule has 0 atom stereocenters. The van der Waals surface area contributed by atoms with Crippen molar-refractivity contribution in [2.45, 2.75) is 20.5 Å². The van der Waals surface area contributed by atoms with Crippen molar-refractivity contribution in [3.63, 3.8) is 0 Å². The molecule has 2 rings (SSSR count). The van der Waals surface area contributed by atoms with Gasteiger partial charge in [-0.3, -0.25) is 10.1 Å². The number of nitrogens with zero attached hydrogens (tertiary/aromatic N) is 3. The number of halogens is 1. The number of ether oxygens (including phenoxy) is 1. The minimum Gasteiger partial charge on any atom is -0.485 e. The van der Waals surface area contributed by atoms with Crippen LogP contribution in [0.1, 0.15) is 17.1 Å². The molecule has 2 aromatic rings. The highest BCUT2D eigenvalue weighted by Gasteiger charge is 2.09. The summed E-state index contributed by atoms with van der Waals surface area (Å²) in [5, 5.41) is 11.0. The summed E-state index contributed by atoms with van der Waals surface area (Å²) in [5.41, 5.74) is 1.46. The maximum atomic E-state index is 10.6. The molecular formula is C13H12ClN3O3. The average molecular weight is 294 g/mol. The van der Waals surface area contributed by atoms with Crippen molar-refractivity contribution < 1.29 is 9.66 Å². The highest BCUT2D eigenvalue weighted by molar-refractivity contribution is 6.29. The molecule has 0 aliphatic carbocycles. The van der Waals surface area contributed by atoms with Gasteiger partial charge in [-0.15, -0.1) is 0 Å². The molecule has 0 saturated carbocycles. The van der Waals surface area contributed by atoms with Crippen LogP contribution in [0.25, 0.3) is 0 Å². The number of nitro groups is 1. The van der Waals surface area contributed by atoms with E-state index in [4.69, 9.17) is 16.3 Å². The van der Waals surface area contributed by atoms with E-state index in [1.807, 2.05) is 6.92 Å². The molecule has 1 heterocycles. The smallest absolute Gasteiger partial charge is 0.269 e. The molecule has 0 bridgehead atoms. The first-order valence-electron chi connectivity index (χ1n) is 5.83. The predicted octanol–water partition coefficient (Wildman–Crippen LogP) is 3.23. The van der Waals surface area contributed by atoms with Gasteiger partial charge in [0.15, 0.2) is 5.82 Å². The van der Waals surface area contributed by atoms with Crippen LogP contribution in [0, 0.1) is 24.0 Å². The Kier molecular flexibility index (Phi) is 4.14. The molecule has 0 aliphatic heterocycles. The summed E-state index contributed by atoms with van der Waals surface area (Å²) in [7, 11) is 0. The lowest BCUT2D eigenvalue weighted by Gasteiger charge is -2.08. The number of hydrogen-bond acceptors (Lipinski definition) is 5. The van der Waals surface area contributed by atoms with Gasteiger partial charge >= 0.3 is 0 Å². The summed E-state index contributed by atoms with van der Waals surface area (Å²) in [6.07, 6.45) is 0. The standard InChI is InChI=1S/C13H12ClN3O3/c1-8-5-10(17(18)19)3-4-11(8)20-7-13-15-9(2)6-12(14)16-13/h3-6H,7H2,1-2H3. The zero-order chi connectivity index (χ0) is 14.7. The monoisotopic (exact) mass is 293 g/mol. The van der Waals surface area contributed by atoms with Crippen LogP contribution >= 0.6 is 11.6 Å². The first-order valence-corrected chi connectivity index (χ1v) is 6.21. The van der Waals surface area contributed by atoms with Gasteiger partial charge in [-0.25, -0.2) is 9.97 Å². The lowest BCUT2D eigenvalue weighted by atomic mass is 10.2. The van der Waals surface area contributed by atoms with E-state index in [-0.39, 0.29) is 12.3 Å². The van der Waals surface area contributed by atoms with E-state index in [0.29, 0.717) is 22.3 Å². The van der Waals surface area contributed by atoms with Gasteiger partial charge in [0.25, 0.3) is 5.69 Å². The second kappa shape index (κ2) is 5.83. The third kappa shape index (κ3) is 3.42. The second-order valence-corrected chi connectivity index (χ2v) is 4.63. The maximum Gasteiger partial charge on any atom is 0.269 e. The van der Waals surface area contributed by atoms with Gasteiger partial charge in [-0.1, -0.05) is 11.6 Å². The van der Waals surface area contributed by atoms with Crippen molar-refractivity contribution >= 4 is 17.3 Å². The van der Waals surface area contributed by atoms with Crippen molar-refractivity contribution in [1.82, 2.24) is 9.97 Å². The van der Waals surface area contributed by atoms with E-state index in [2.05, 4.69) is 9.97 Å². The summed E-state index contributed by atoms with van der Waals surface area (Å²) in [6, 6.07) is 6.07. The maximum absolute atomic E-state index is 10.6. The normalized spacial score (nSPS) is 10.3. The first kappa shape index (κ1) is 14.2. The third-order valence-corrected chi connectivity index (χ3v) is 2.79. The number of non-ortho nitro benzene ring substituents is 1. The van der Waals surface area contributed by atoms with Crippen LogP contribution in [0.15, 0.2) is 24.3 Å². The number of benzene rings is 1. The summed E-state index contributed by atoms with van der Waals surface area (Å²) < 4.78 is 5.56. The van der Waals surface area contributed by atoms with Gasteiger partial charge in [0.1, 0.15) is 17.5 Å². The molecule has 0 amide bonds. The molecule has 0 N–H and O–H groups in total. The molecule has 0 aliphatic rings. The summed E-state index contributed by atoms with van der Waals surface area (Å²) >= 11 is 5.84. The topological polar surface area (TPSA) is 78.2 Å². The van der Waals surface area contributed by atoms with Gasteiger partial charge in [0, 0.05) is 17.8 Å². The minimum atomic E-state index is -0.444.